The molecule has 0 N–H and O–H groups in total. The molecule has 108 valence electrons. The van der Waals surface area contributed by atoms with Crippen LogP contribution in [-0.2, 0) is 14.3 Å². The maximum atomic E-state index is 11.6. The average molecular weight is 282 g/mol. The van der Waals surface area contributed by atoms with Crippen LogP contribution in [0.2, 0.25) is 0 Å². The first-order chi connectivity index (χ1) is 9.43. The zero-order valence-electron chi connectivity index (χ0n) is 11.1. The van der Waals surface area contributed by atoms with Gasteiger partial charge in [0, 0.05) is 19.2 Å². The van der Waals surface area contributed by atoms with Crippen molar-refractivity contribution in [2.24, 2.45) is 0 Å². The highest BCUT2D eigenvalue weighted by Crippen LogP contribution is 2.17. The predicted molar refractivity (Wildman–Crippen MR) is 68.2 cm³/mol. The van der Waals surface area contributed by atoms with Gasteiger partial charge >= 0.3 is 5.97 Å². The summed E-state index contributed by atoms with van der Waals surface area (Å²) in [5.41, 5.74) is -0.0634. The number of carbonyl (C=O) groups is 2. The lowest BCUT2D eigenvalue weighted by molar-refractivity contribution is -0.384. The van der Waals surface area contributed by atoms with Gasteiger partial charge in [0.1, 0.15) is 12.3 Å². The molecule has 8 heteroatoms. The Balaban J connectivity index is 2.48. The number of methoxy groups -OCH3 is 1. The average Bonchev–Trinajstić information content (AvgIpc) is 2.44. The molecule has 0 fully saturated rings. The quantitative estimate of drug-likeness (QED) is 0.430. The number of nitro groups is 1. The molecule has 20 heavy (non-hydrogen) atoms. The number of nitrogens with zero attached hydrogens (tertiary/aromatic N) is 2. The normalized spacial score (nSPS) is 9.70. The van der Waals surface area contributed by atoms with E-state index in [9.17, 15) is 19.7 Å². The topological polar surface area (TPSA) is 99.0 Å². The summed E-state index contributed by atoms with van der Waals surface area (Å²) >= 11 is 0. The van der Waals surface area contributed by atoms with E-state index in [1.807, 2.05) is 0 Å². The minimum Gasteiger partial charge on any atom is -0.484 e. The molecule has 0 atom stereocenters. The Labute approximate surface area is 115 Å². The van der Waals surface area contributed by atoms with Crippen molar-refractivity contribution in [3.05, 3.63) is 34.4 Å². The summed E-state index contributed by atoms with van der Waals surface area (Å²) in [6.07, 6.45) is 0. The predicted octanol–water partition coefficient (Wildman–Crippen LogP) is 0.605. The number of rotatable bonds is 6. The largest absolute Gasteiger partial charge is 0.484 e. The third kappa shape index (κ3) is 4.56. The number of ether oxygens (including phenoxy) is 2. The fourth-order valence-electron chi connectivity index (χ4n) is 1.27. The summed E-state index contributed by atoms with van der Waals surface area (Å²) in [6.45, 7) is -0.440. The summed E-state index contributed by atoms with van der Waals surface area (Å²) in [6, 6.07) is 5.34. The summed E-state index contributed by atoms with van der Waals surface area (Å²) < 4.78 is 9.60. The molecule has 0 unspecified atom stereocenters. The van der Waals surface area contributed by atoms with E-state index in [-0.39, 0.29) is 18.8 Å². The first kappa shape index (κ1) is 15.4. The number of benzene rings is 1. The van der Waals surface area contributed by atoms with E-state index in [1.54, 1.807) is 0 Å². The lowest BCUT2D eigenvalue weighted by Crippen LogP contribution is -2.35. The summed E-state index contributed by atoms with van der Waals surface area (Å²) in [4.78, 5) is 33.7. The third-order valence-corrected chi connectivity index (χ3v) is 2.43. The van der Waals surface area contributed by atoms with Crippen LogP contribution in [0.4, 0.5) is 5.69 Å². The Kier molecular flexibility index (Phi) is 5.45. The van der Waals surface area contributed by atoms with Crippen molar-refractivity contribution in [3.8, 4) is 5.75 Å². The van der Waals surface area contributed by atoms with Crippen molar-refractivity contribution in [3.63, 3.8) is 0 Å². The van der Waals surface area contributed by atoms with Gasteiger partial charge in [-0.15, -0.1) is 0 Å². The van der Waals surface area contributed by atoms with Crippen molar-refractivity contribution >= 4 is 17.6 Å². The van der Waals surface area contributed by atoms with Crippen LogP contribution < -0.4 is 4.74 Å². The lowest BCUT2D eigenvalue weighted by Gasteiger charge is -2.15. The molecule has 0 saturated carbocycles. The van der Waals surface area contributed by atoms with Gasteiger partial charge in [0.25, 0.3) is 11.6 Å². The second kappa shape index (κ2) is 7.07. The van der Waals surface area contributed by atoms with Crippen molar-refractivity contribution in [2.45, 2.75) is 0 Å². The van der Waals surface area contributed by atoms with Crippen LogP contribution in [0.25, 0.3) is 0 Å². The van der Waals surface area contributed by atoms with Crippen molar-refractivity contribution in [1.29, 1.82) is 0 Å². The van der Waals surface area contributed by atoms with Gasteiger partial charge < -0.3 is 14.4 Å². The highest BCUT2D eigenvalue weighted by atomic mass is 16.6. The molecular weight excluding hydrogens is 268 g/mol. The SMILES string of the molecule is COC(=O)CN(C)C(=O)COc1ccc([N+](=O)[O-])cc1. The number of carbonyl (C=O) groups excluding carboxylic acids is 2. The molecule has 0 radical (unpaired) electrons. The monoisotopic (exact) mass is 282 g/mol. The second-order valence-electron chi connectivity index (χ2n) is 3.87. The van der Waals surface area contributed by atoms with E-state index in [0.717, 1.165) is 4.90 Å². The highest BCUT2D eigenvalue weighted by molar-refractivity contribution is 5.82. The van der Waals surface area contributed by atoms with Crippen LogP contribution in [0.3, 0.4) is 0 Å². The standard InChI is InChI=1S/C12H14N2O6/c1-13(7-12(16)19-2)11(15)8-20-10-5-3-9(4-6-10)14(17)18/h3-6H,7-8H2,1-2H3. The molecule has 1 aromatic rings. The number of likely N-dealkylation sites (N-methyl/N-ethyl adjacent to an activating group) is 1. The number of esters is 1. The van der Waals surface area contributed by atoms with E-state index in [1.165, 1.54) is 38.4 Å². The van der Waals surface area contributed by atoms with Crippen LogP contribution in [-0.4, -0.2) is 49.0 Å². The van der Waals surface area contributed by atoms with Crippen molar-refractivity contribution < 1.29 is 24.0 Å². The summed E-state index contributed by atoms with van der Waals surface area (Å²) in [5, 5.41) is 10.5. The Bertz CT molecular complexity index is 499. The molecule has 0 saturated heterocycles. The molecule has 0 bridgehead atoms. The second-order valence-corrected chi connectivity index (χ2v) is 3.87. The van der Waals surface area contributed by atoms with E-state index in [2.05, 4.69) is 4.74 Å². The van der Waals surface area contributed by atoms with Gasteiger partial charge in [-0.05, 0) is 12.1 Å². The van der Waals surface area contributed by atoms with E-state index < -0.39 is 16.8 Å². The van der Waals surface area contributed by atoms with Crippen molar-refractivity contribution in [1.82, 2.24) is 4.90 Å². The third-order valence-electron chi connectivity index (χ3n) is 2.43. The molecule has 0 spiro atoms. The van der Waals surface area contributed by atoms with E-state index in [4.69, 9.17) is 4.74 Å². The molecule has 8 nitrogen and oxygen atoms in total. The Hall–Kier alpha value is -2.64. The Morgan fingerprint density at radius 1 is 1.30 bits per heavy atom. The summed E-state index contributed by atoms with van der Waals surface area (Å²) in [5.74, 6) is -0.611. The zero-order valence-corrected chi connectivity index (χ0v) is 11.1. The van der Waals surface area contributed by atoms with Crippen LogP contribution in [0, 0.1) is 10.1 Å². The lowest BCUT2D eigenvalue weighted by atomic mass is 10.3. The molecular formula is C12H14N2O6. The number of non-ortho nitro benzene ring substituents is 1. The van der Waals surface area contributed by atoms with Gasteiger partial charge in [-0.2, -0.15) is 0 Å². The van der Waals surface area contributed by atoms with Gasteiger partial charge in [-0.3, -0.25) is 19.7 Å². The minimum atomic E-state index is -0.531. The fraction of sp³-hybridized carbons (Fsp3) is 0.333. The van der Waals surface area contributed by atoms with Crippen LogP contribution in [0.5, 0.6) is 5.75 Å². The van der Waals surface area contributed by atoms with Crippen LogP contribution >= 0.6 is 0 Å². The maximum absolute atomic E-state index is 11.6. The molecule has 0 aromatic heterocycles. The molecule has 0 aliphatic carbocycles. The molecule has 0 aliphatic rings. The maximum Gasteiger partial charge on any atom is 0.325 e. The first-order valence-corrected chi connectivity index (χ1v) is 5.62. The van der Waals surface area contributed by atoms with Gasteiger partial charge in [0.15, 0.2) is 6.61 Å². The smallest absolute Gasteiger partial charge is 0.325 e. The van der Waals surface area contributed by atoms with Gasteiger partial charge in [-0.1, -0.05) is 0 Å². The Morgan fingerprint density at radius 2 is 1.90 bits per heavy atom. The molecule has 1 aromatic carbocycles. The van der Waals surface area contributed by atoms with Crippen molar-refractivity contribution in [2.75, 3.05) is 27.3 Å². The van der Waals surface area contributed by atoms with Gasteiger partial charge in [0.2, 0.25) is 0 Å². The molecule has 0 aliphatic heterocycles. The molecule has 1 rings (SSSR count). The number of hydrogen-bond donors (Lipinski definition) is 0. The fourth-order valence-corrected chi connectivity index (χ4v) is 1.27. The zero-order chi connectivity index (χ0) is 15.1. The van der Waals surface area contributed by atoms with E-state index in [0.29, 0.717) is 5.75 Å². The number of nitro benzene ring substituents is 1. The van der Waals surface area contributed by atoms with E-state index >= 15 is 0 Å². The van der Waals surface area contributed by atoms with Crippen LogP contribution in [0.1, 0.15) is 0 Å². The number of amides is 1. The minimum absolute atomic E-state index is 0.0634. The highest BCUT2D eigenvalue weighted by Gasteiger charge is 2.14. The van der Waals surface area contributed by atoms with Gasteiger partial charge in [0.05, 0.1) is 12.0 Å². The molecule has 1 amide bonds. The number of hydrogen-bond acceptors (Lipinski definition) is 6. The molecule has 0 heterocycles. The van der Waals surface area contributed by atoms with Gasteiger partial charge in [-0.25, -0.2) is 0 Å². The summed E-state index contributed by atoms with van der Waals surface area (Å²) in [7, 11) is 2.67. The van der Waals surface area contributed by atoms with Crippen LogP contribution in [0.15, 0.2) is 24.3 Å². The Morgan fingerprint density at radius 3 is 2.40 bits per heavy atom. The first-order valence-electron chi connectivity index (χ1n) is 5.62.